The maximum atomic E-state index is 13.4. The molecule has 0 aliphatic carbocycles. The number of urea groups is 1. The first kappa shape index (κ1) is 24.0. The van der Waals surface area contributed by atoms with Crippen LogP contribution in [0.4, 0.5) is 10.5 Å². The first-order valence-corrected chi connectivity index (χ1v) is 12.4. The molecule has 0 bridgehead atoms. The molecule has 0 aliphatic heterocycles. The third-order valence-corrected chi connectivity index (χ3v) is 6.56. The van der Waals surface area contributed by atoms with Gasteiger partial charge in [-0.1, -0.05) is 61.9 Å². The molecule has 0 atom stereocenters. The molecule has 1 N–H and O–H groups in total. The largest absolute Gasteiger partial charge is 0.332 e. The molecular formula is C25H28BrN3O2S. The van der Waals surface area contributed by atoms with Crippen molar-refractivity contribution in [2.24, 2.45) is 0 Å². The lowest BCUT2D eigenvalue weighted by molar-refractivity contribution is -0.133. The van der Waals surface area contributed by atoms with Crippen molar-refractivity contribution in [1.29, 1.82) is 0 Å². The predicted molar refractivity (Wildman–Crippen MR) is 135 cm³/mol. The lowest BCUT2D eigenvalue weighted by Gasteiger charge is -2.28. The third kappa shape index (κ3) is 7.21. The molecule has 0 aliphatic rings. The highest BCUT2D eigenvalue weighted by Gasteiger charge is 2.22. The first-order chi connectivity index (χ1) is 15.6. The molecule has 32 heavy (non-hydrogen) atoms. The van der Waals surface area contributed by atoms with Crippen LogP contribution in [0.2, 0.25) is 0 Å². The van der Waals surface area contributed by atoms with Crippen LogP contribution in [0, 0.1) is 0 Å². The van der Waals surface area contributed by atoms with E-state index < -0.39 is 0 Å². The van der Waals surface area contributed by atoms with Gasteiger partial charge in [0.1, 0.15) is 6.54 Å². The number of para-hydroxylation sites is 1. The quantitative estimate of drug-likeness (QED) is 0.342. The molecule has 1 aromatic heterocycles. The maximum Gasteiger partial charge on any atom is 0.322 e. The second kappa shape index (κ2) is 12.4. The Morgan fingerprint density at radius 3 is 2.38 bits per heavy atom. The number of hydrogen-bond acceptors (Lipinski definition) is 3. The summed E-state index contributed by atoms with van der Waals surface area (Å²) in [5, 5.41) is 4.94. The summed E-state index contributed by atoms with van der Waals surface area (Å²) in [6, 6.07) is 21.2. The third-order valence-electron chi connectivity index (χ3n) is 5.01. The number of carbonyl (C=O) groups excluding carboxylic acids is 2. The second-order valence-electron chi connectivity index (χ2n) is 7.50. The van der Waals surface area contributed by atoms with Crippen LogP contribution in [-0.2, 0) is 17.9 Å². The Kier molecular flexibility index (Phi) is 9.31. The molecule has 0 saturated heterocycles. The van der Waals surface area contributed by atoms with Crippen molar-refractivity contribution >= 4 is 44.9 Å². The number of amides is 3. The fourth-order valence-electron chi connectivity index (χ4n) is 3.25. The van der Waals surface area contributed by atoms with Gasteiger partial charge in [-0.3, -0.25) is 4.79 Å². The minimum atomic E-state index is -0.269. The molecule has 5 nitrogen and oxygen atoms in total. The molecule has 0 fully saturated rings. The number of nitrogens with one attached hydrogen (secondary N) is 1. The molecular weight excluding hydrogens is 486 g/mol. The number of anilines is 1. The first-order valence-electron chi connectivity index (χ1n) is 10.7. The zero-order valence-corrected chi connectivity index (χ0v) is 20.6. The molecule has 0 saturated carbocycles. The summed E-state index contributed by atoms with van der Waals surface area (Å²) in [4.78, 5) is 31.0. The molecule has 0 radical (unpaired) electrons. The summed E-state index contributed by atoms with van der Waals surface area (Å²) >= 11 is 5.09. The molecule has 0 spiro atoms. The number of carbonyl (C=O) groups is 2. The fraction of sp³-hybridized carbons (Fsp3) is 0.280. The van der Waals surface area contributed by atoms with E-state index in [9.17, 15) is 9.59 Å². The van der Waals surface area contributed by atoms with Crippen molar-refractivity contribution in [2.75, 3.05) is 18.4 Å². The van der Waals surface area contributed by atoms with Crippen molar-refractivity contribution in [3.63, 3.8) is 0 Å². The molecule has 7 heteroatoms. The van der Waals surface area contributed by atoms with Crippen LogP contribution in [-0.4, -0.2) is 34.8 Å². The van der Waals surface area contributed by atoms with Crippen molar-refractivity contribution in [2.45, 2.75) is 32.9 Å². The van der Waals surface area contributed by atoms with E-state index >= 15 is 0 Å². The molecule has 168 valence electrons. The number of halogens is 1. The summed E-state index contributed by atoms with van der Waals surface area (Å²) in [7, 11) is 0. The molecule has 3 aromatic rings. The highest BCUT2D eigenvalue weighted by Crippen LogP contribution is 2.22. The van der Waals surface area contributed by atoms with Gasteiger partial charge in [-0.15, -0.1) is 11.3 Å². The summed E-state index contributed by atoms with van der Waals surface area (Å²) < 4.78 is 0.804. The Hall–Kier alpha value is -2.64. The van der Waals surface area contributed by atoms with Gasteiger partial charge in [-0.2, -0.15) is 0 Å². The van der Waals surface area contributed by atoms with Gasteiger partial charge in [-0.25, -0.2) is 4.79 Å². The summed E-state index contributed by atoms with van der Waals surface area (Å²) in [5.41, 5.74) is 1.75. The van der Waals surface area contributed by atoms with Gasteiger partial charge >= 0.3 is 6.03 Å². The van der Waals surface area contributed by atoms with E-state index in [1.54, 1.807) is 16.2 Å². The standard InChI is InChI=1S/C25H28BrN3O2S/c1-2-3-15-28(25(31)27-23-14-8-7-13-22(23)26)19-24(30)29(18-21-12-9-16-32-21)17-20-10-5-4-6-11-20/h4-14,16H,2-3,15,17-19H2,1H3,(H,27,31). The average Bonchev–Trinajstić information content (AvgIpc) is 3.31. The van der Waals surface area contributed by atoms with E-state index in [-0.39, 0.29) is 18.5 Å². The van der Waals surface area contributed by atoms with Crippen molar-refractivity contribution in [3.05, 3.63) is 87.0 Å². The minimum Gasteiger partial charge on any atom is -0.332 e. The highest BCUT2D eigenvalue weighted by molar-refractivity contribution is 9.10. The minimum absolute atomic E-state index is 0.0362. The van der Waals surface area contributed by atoms with Gasteiger partial charge < -0.3 is 15.1 Å². The van der Waals surface area contributed by atoms with E-state index in [1.165, 1.54) is 0 Å². The van der Waals surface area contributed by atoms with Gasteiger partial charge in [0.25, 0.3) is 0 Å². The number of unbranched alkanes of at least 4 members (excludes halogenated alkanes) is 1. The average molecular weight is 514 g/mol. The van der Waals surface area contributed by atoms with Gasteiger partial charge in [0.05, 0.1) is 12.2 Å². The Bertz CT molecular complexity index is 995. The zero-order chi connectivity index (χ0) is 22.8. The number of hydrogen-bond donors (Lipinski definition) is 1. The van der Waals surface area contributed by atoms with Crippen LogP contribution in [0.15, 0.2) is 76.6 Å². The van der Waals surface area contributed by atoms with Crippen LogP contribution < -0.4 is 5.32 Å². The molecule has 1 heterocycles. The zero-order valence-electron chi connectivity index (χ0n) is 18.2. The lowest BCUT2D eigenvalue weighted by Crippen LogP contribution is -2.44. The summed E-state index contributed by atoms with van der Waals surface area (Å²) in [5.74, 6) is -0.0689. The van der Waals surface area contributed by atoms with Crippen LogP contribution in [0.5, 0.6) is 0 Å². The molecule has 2 aromatic carbocycles. The van der Waals surface area contributed by atoms with Gasteiger partial charge in [-0.05, 0) is 51.5 Å². The van der Waals surface area contributed by atoms with Crippen molar-refractivity contribution < 1.29 is 9.59 Å². The maximum absolute atomic E-state index is 13.4. The van der Waals surface area contributed by atoms with Crippen LogP contribution in [0.1, 0.15) is 30.2 Å². The fourth-order valence-corrected chi connectivity index (χ4v) is 4.35. The van der Waals surface area contributed by atoms with Crippen LogP contribution >= 0.6 is 27.3 Å². The Morgan fingerprint density at radius 2 is 1.69 bits per heavy atom. The molecule has 3 amide bonds. The Labute approximate surface area is 202 Å². The monoisotopic (exact) mass is 513 g/mol. The van der Waals surface area contributed by atoms with Crippen molar-refractivity contribution in [1.82, 2.24) is 9.80 Å². The van der Waals surface area contributed by atoms with Gasteiger partial charge in [0.15, 0.2) is 0 Å². The SMILES string of the molecule is CCCCN(CC(=O)N(Cc1ccccc1)Cc1cccs1)C(=O)Nc1ccccc1Br. The van der Waals surface area contributed by atoms with E-state index in [4.69, 9.17) is 0 Å². The molecule has 0 unspecified atom stereocenters. The summed E-state index contributed by atoms with van der Waals surface area (Å²) in [6.07, 6.45) is 1.77. The number of thiophene rings is 1. The summed E-state index contributed by atoms with van der Waals surface area (Å²) in [6.45, 7) is 3.67. The van der Waals surface area contributed by atoms with Crippen LogP contribution in [0.3, 0.4) is 0 Å². The number of benzene rings is 2. The van der Waals surface area contributed by atoms with E-state index in [2.05, 4.69) is 28.2 Å². The Morgan fingerprint density at radius 1 is 0.938 bits per heavy atom. The van der Waals surface area contributed by atoms with Gasteiger partial charge in [0.2, 0.25) is 5.91 Å². The van der Waals surface area contributed by atoms with E-state index in [1.807, 2.05) is 77.0 Å². The van der Waals surface area contributed by atoms with Crippen LogP contribution in [0.25, 0.3) is 0 Å². The van der Waals surface area contributed by atoms with Crippen molar-refractivity contribution in [3.8, 4) is 0 Å². The van der Waals surface area contributed by atoms with E-state index in [0.29, 0.717) is 25.3 Å². The number of rotatable bonds is 10. The molecule has 3 rings (SSSR count). The lowest BCUT2D eigenvalue weighted by atomic mass is 10.2. The smallest absolute Gasteiger partial charge is 0.322 e. The number of nitrogens with zero attached hydrogens (tertiary/aromatic N) is 2. The van der Waals surface area contributed by atoms with Gasteiger partial charge in [0, 0.05) is 22.4 Å². The second-order valence-corrected chi connectivity index (χ2v) is 9.39. The highest BCUT2D eigenvalue weighted by atomic mass is 79.9. The predicted octanol–water partition coefficient (Wildman–Crippen LogP) is 6.37. The topological polar surface area (TPSA) is 52.7 Å². The normalized spacial score (nSPS) is 10.6. The van der Waals surface area contributed by atoms with E-state index in [0.717, 1.165) is 27.8 Å². The Balaban J connectivity index is 1.74.